The molecule has 3 nitrogen and oxygen atoms in total. The smallest absolute Gasteiger partial charge is 0.0220 e. The fraction of sp³-hybridized carbons (Fsp3) is 1.00. The van der Waals surface area contributed by atoms with Crippen LogP contribution in [0.1, 0.15) is 25.7 Å². The Labute approximate surface area is 87.2 Å². The topological polar surface area (TPSA) is 32.5 Å². The van der Waals surface area contributed by atoms with Gasteiger partial charge in [0.15, 0.2) is 0 Å². The Morgan fingerprint density at radius 1 is 1.36 bits per heavy atom. The van der Waals surface area contributed by atoms with Crippen molar-refractivity contribution in [3.8, 4) is 0 Å². The minimum Gasteiger partial charge on any atom is -0.329 e. The van der Waals surface area contributed by atoms with Gasteiger partial charge in [0, 0.05) is 31.7 Å². The standard InChI is InChI=1S/C11H23N3/c1-13-7-2-3-11(13)9-14(8-6-12)10-4-5-10/h10-11H,2-9,12H2,1H3/t11-/m1/s1. The molecule has 1 aliphatic carbocycles. The third-order valence-corrected chi connectivity index (χ3v) is 3.60. The van der Waals surface area contributed by atoms with Gasteiger partial charge in [0.1, 0.15) is 0 Å². The van der Waals surface area contributed by atoms with Gasteiger partial charge in [-0.3, -0.25) is 4.90 Å². The Balaban J connectivity index is 1.80. The van der Waals surface area contributed by atoms with Gasteiger partial charge in [0.2, 0.25) is 0 Å². The average Bonchev–Trinajstić information content (AvgIpc) is 2.93. The van der Waals surface area contributed by atoms with Crippen LogP contribution in [0.25, 0.3) is 0 Å². The third-order valence-electron chi connectivity index (χ3n) is 3.60. The van der Waals surface area contributed by atoms with E-state index in [4.69, 9.17) is 5.73 Å². The van der Waals surface area contributed by atoms with Crippen molar-refractivity contribution in [2.24, 2.45) is 5.73 Å². The van der Waals surface area contributed by atoms with Crippen molar-refractivity contribution in [1.82, 2.24) is 9.80 Å². The molecule has 0 aromatic rings. The molecule has 1 saturated carbocycles. The first kappa shape index (κ1) is 10.4. The first-order chi connectivity index (χ1) is 6.81. The predicted molar refractivity (Wildman–Crippen MR) is 59.3 cm³/mol. The Morgan fingerprint density at radius 3 is 2.64 bits per heavy atom. The number of likely N-dealkylation sites (N-methyl/N-ethyl adjacent to an activating group) is 1. The zero-order valence-electron chi connectivity index (χ0n) is 9.28. The largest absolute Gasteiger partial charge is 0.329 e. The second kappa shape index (κ2) is 4.60. The highest BCUT2D eigenvalue weighted by Crippen LogP contribution is 2.28. The second-order valence-corrected chi connectivity index (χ2v) is 4.79. The molecule has 0 aromatic heterocycles. The van der Waals surface area contributed by atoms with Crippen LogP contribution in [0, 0.1) is 0 Å². The molecule has 14 heavy (non-hydrogen) atoms. The zero-order valence-corrected chi connectivity index (χ0v) is 9.28. The van der Waals surface area contributed by atoms with Gasteiger partial charge in [-0.2, -0.15) is 0 Å². The lowest BCUT2D eigenvalue weighted by molar-refractivity contribution is 0.189. The molecule has 0 unspecified atom stereocenters. The lowest BCUT2D eigenvalue weighted by atomic mass is 10.2. The SMILES string of the molecule is CN1CCC[C@@H]1CN(CCN)C1CC1. The summed E-state index contributed by atoms with van der Waals surface area (Å²) in [5.41, 5.74) is 5.65. The molecule has 1 aliphatic heterocycles. The minimum absolute atomic E-state index is 0.794. The molecule has 0 bridgehead atoms. The van der Waals surface area contributed by atoms with Crippen molar-refractivity contribution in [2.45, 2.75) is 37.8 Å². The summed E-state index contributed by atoms with van der Waals surface area (Å²) in [5, 5.41) is 0. The molecule has 0 radical (unpaired) electrons. The first-order valence-corrected chi connectivity index (χ1v) is 5.95. The van der Waals surface area contributed by atoms with Gasteiger partial charge in [-0.1, -0.05) is 0 Å². The summed E-state index contributed by atoms with van der Waals surface area (Å²) in [6, 6.07) is 1.66. The van der Waals surface area contributed by atoms with Crippen LogP contribution in [-0.2, 0) is 0 Å². The fourth-order valence-electron chi connectivity index (χ4n) is 2.51. The highest BCUT2D eigenvalue weighted by molar-refractivity contribution is 4.88. The lowest BCUT2D eigenvalue weighted by Gasteiger charge is -2.28. The van der Waals surface area contributed by atoms with Gasteiger partial charge in [0.05, 0.1) is 0 Å². The van der Waals surface area contributed by atoms with Crippen LogP contribution in [0.15, 0.2) is 0 Å². The molecule has 0 spiro atoms. The van der Waals surface area contributed by atoms with E-state index in [0.29, 0.717) is 0 Å². The molecule has 82 valence electrons. The van der Waals surface area contributed by atoms with Crippen LogP contribution in [0.4, 0.5) is 0 Å². The monoisotopic (exact) mass is 197 g/mol. The number of nitrogens with two attached hydrogens (primary N) is 1. The Morgan fingerprint density at radius 2 is 2.14 bits per heavy atom. The first-order valence-electron chi connectivity index (χ1n) is 5.95. The maximum Gasteiger partial charge on any atom is 0.0220 e. The molecular weight excluding hydrogens is 174 g/mol. The zero-order chi connectivity index (χ0) is 9.97. The fourth-order valence-corrected chi connectivity index (χ4v) is 2.51. The van der Waals surface area contributed by atoms with Crippen molar-refractivity contribution in [1.29, 1.82) is 0 Å². The molecule has 3 heteroatoms. The van der Waals surface area contributed by atoms with E-state index in [-0.39, 0.29) is 0 Å². The maximum absolute atomic E-state index is 5.65. The van der Waals surface area contributed by atoms with E-state index in [1.807, 2.05) is 0 Å². The van der Waals surface area contributed by atoms with Crippen LogP contribution in [0.2, 0.25) is 0 Å². The van der Waals surface area contributed by atoms with Gasteiger partial charge in [-0.15, -0.1) is 0 Å². The lowest BCUT2D eigenvalue weighted by Crippen LogP contribution is -2.41. The number of nitrogens with zero attached hydrogens (tertiary/aromatic N) is 2. The number of hydrogen-bond acceptors (Lipinski definition) is 3. The van der Waals surface area contributed by atoms with Crippen LogP contribution < -0.4 is 5.73 Å². The molecule has 2 N–H and O–H groups in total. The van der Waals surface area contributed by atoms with Crippen molar-refractivity contribution < 1.29 is 0 Å². The summed E-state index contributed by atoms with van der Waals surface area (Å²) >= 11 is 0. The van der Waals surface area contributed by atoms with Gasteiger partial charge >= 0.3 is 0 Å². The van der Waals surface area contributed by atoms with Gasteiger partial charge < -0.3 is 10.6 Å². The minimum atomic E-state index is 0.794. The number of hydrogen-bond donors (Lipinski definition) is 1. The van der Waals surface area contributed by atoms with E-state index in [2.05, 4.69) is 16.8 Å². The molecule has 0 aromatic carbocycles. The number of rotatable bonds is 5. The van der Waals surface area contributed by atoms with Crippen molar-refractivity contribution in [3.05, 3.63) is 0 Å². The van der Waals surface area contributed by atoms with E-state index >= 15 is 0 Å². The molecule has 0 amide bonds. The Kier molecular flexibility index (Phi) is 3.42. The average molecular weight is 197 g/mol. The van der Waals surface area contributed by atoms with Gasteiger partial charge in [-0.05, 0) is 39.3 Å². The quantitative estimate of drug-likeness (QED) is 0.697. The molecule has 2 fully saturated rings. The summed E-state index contributed by atoms with van der Waals surface area (Å²) in [4.78, 5) is 5.11. The van der Waals surface area contributed by atoms with Gasteiger partial charge in [-0.25, -0.2) is 0 Å². The molecule has 1 heterocycles. The summed E-state index contributed by atoms with van der Waals surface area (Å²) in [6.45, 7) is 4.44. The van der Waals surface area contributed by atoms with E-state index in [1.54, 1.807) is 0 Å². The predicted octanol–water partition coefficient (Wildman–Crippen LogP) is 0.504. The molecule has 2 aliphatic rings. The highest BCUT2D eigenvalue weighted by Gasteiger charge is 2.31. The highest BCUT2D eigenvalue weighted by atomic mass is 15.2. The second-order valence-electron chi connectivity index (χ2n) is 4.79. The van der Waals surface area contributed by atoms with E-state index in [9.17, 15) is 0 Å². The summed E-state index contributed by atoms with van der Waals surface area (Å²) in [7, 11) is 2.26. The van der Waals surface area contributed by atoms with Crippen molar-refractivity contribution in [2.75, 3.05) is 33.2 Å². The number of likely N-dealkylation sites (tertiary alicyclic amines) is 1. The maximum atomic E-state index is 5.65. The van der Waals surface area contributed by atoms with Crippen molar-refractivity contribution in [3.63, 3.8) is 0 Å². The molecule has 1 saturated heterocycles. The van der Waals surface area contributed by atoms with Crippen LogP contribution in [0.3, 0.4) is 0 Å². The summed E-state index contributed by atoms with van der Waals surface area (Å²) < 4.78 is 0. The van der Waals surface area contributed by atoms with E-state index in [0.717, 1.165) is 25.2 Å². The molecular formula is C11H23N3. The van der Waals surface area contributed by atoms with Gasteiger partial charge in [0.25, 0.3) is 0 Å². The van der Waals surface area contributed by atoms with Crippen LogP contribution in [0.5, 0.6) is 0 Å². The third kappa shape index (κ3) is 2.47. The Hall–Kier alpha value is -0.120. The van der Waals surface area contributed by atoms with Crippen LogP contribution in [-0.4, -0.2) is 55.1 Å². The van der Waals surface area contributed by atoms with E-state index < -0.39 is 0 Å². The summed E-state index contributed by atoms with van der Waals surface area (Å²) in [6.07, 6.45) is 5.56. The van der Waals surface area contributed by atoms with E-state index in [1.165, 1.54) is 38.8 Å². The summed E-state index contributed by atoms with van der Waals surface area (Å²) in [5.74, 6) is 0. The molecule has 1 atom stereocenters. The Bertz CT molecular complexity index is 179. The molecule has 2 rings (SSSR count). The van der Waals surface area contributed by atoms with Crippen molar-refractivity contribution >= 4 is 0 Å². The van der Waals surface area contributed by atoms with Crippen LogP contribution >= 0.6 is 0 Å². The normalized spacial score (nSPS) is 28.9.